The van der Waals surface area contributed by atoms with Crippen molar-refractivity contribution in [1.29, 1.82) is 0 Å². The molecule has 0 radical (unpaired) electrons. The molecule has 1 rings (SSSR count). The third kappa shape index (κ3) is 11.4. The van der Waals surface area contributed by atoms with Gasteiger partial charge in [-0.05, 0) is 31.1 Å². The lowest BCUT2D eigenvalue weighted by Gasteiger charge is -2.21. The first-order valence-electron chi connectivity index (χ1n) is 11.8. The Bertz CT molecular complexity index is 706. The molecule has 0 aliphatic carbocycles. The molecule has 1 aromatic rings. The van der Waals surface area contributed by atoms with Crippen molar-refractivity contribution in [3.8, 4) is 0 Å². The number of nitrogens with zero attached hydrogens (tertiary/aromatic N) is 1. The maximum absolute atomic E-state index is 12.2. The highest BCUT2D eigenvalue weighted by atomic mass is 16.5. The quantitative estimate of drug-likeness (QED) is 0.303. The van der Waals surface area contributed by atoms with E-state index in [1.807, 2.05) is 0 Å². The van der Waals surface area contributed by atoms with E-state index in [2.05, 4.69) is 32.7 Å². The van der Waals surface area contributed by atoms with Gasteiger partial charge in [-0.3, -0.25) is 14.6 Å². The summed E-state index contributed by atoms with van der Waals surface area (Å²) in [6, 6.07) is 1.39. The molecule has 0 saturated heterocycles. The topological polar surface area (TPSA) is 81.2 Å². The number of unbranched alkanes of at least 4 members (excludes halogenated alkanes) is 8. The van der Waals surface area contributed by atoms with Gasteiger partial charge < -0.3 is 9.30 Å². The van der Waals surface area contributed by atoms with Gasteiger partial charge in [-0.25, -0.2) is 4.79 Å². The lowest BCUT2D eigenvalue weighted by atomic mass is 9.88. The summed E-state index contributed by atoms with van der Waals surface area (Å²) in [4.78, 5) is 37.1. The van der Waals surface area contributed by atoms with Gasteiger partial charge in [0, 0.05) is 18.8 Å². The Balaban J connectivity index is 1.97. The number of esters is 1. The van der Waals surface area contributed by atoms with E-state index in [9.17, 15) is 14.4 Å². The molecule has 0 spiro atoms. The predicted molar refractivity (Wildman–Crippen MR) is 122 cm³/mol. The fourth-order valence-corrected chi connectivity index (χ4v) is 3.67. The molecule has 172 valence electrons. The van der Waals surface area contributed by atoms with Crippen LogP contribution in [-0.2, 0) is 16.1 Å². The number of ether oxygens (including phenoxy) is 1. The molecular weight excluding hydrogens is 380 g/mol. The number of carbonyl (C=O) groups excluding carboxylic acids is 1. The molecule has 1 unspecified atom stereocenters. The zero-order chi connectivity index (χ0) is 22.4. The van der Waals surface area contributed by atoms with Crippen molar-refractivity contribution in [2.75, 3.05) is 6.61 Å². The largest absolute Gasteiger partial charge is 0.465 e. The van der Waals surface area contributed by atoms with Crippen LogP contribution in [0.5, 0.6) is 0 Å². The van der Waals surface area contributed by atoms with Crippen molar-refractivity contribution in [3.63, 3.8) is 0 Å². The van der Waals surface area contributed by atoms with Gasteiger partial charge in [-0.2, -0.15) is 0 Å². The Kier molecular flexibility index (Phi) is 13.1. The van der Waals surface area contributed by atoms with E-state index in [-0.39, 0.29) is 23.1 Å². The Hall–Kier alpha value is -1.85. The van der Waals surface area contributed by atoms with Crippen molar-refractivity contribution in [3.05, 3.63) is 33.1 Å². The van der Waals surface area contributed by atoms with Gasteiger partial charge in [-0.15, -0.1) is 0 Å². The van der Waals surface area contributed by atoms with Gasteiger partial charge in [0.1, 0.15) is 0 Å². The number of nitrogens with one attached hydrogen (secondary N) is 1. The summed E-state index contributed by atoms with van der Waals surface area (Å²) in [5.41, 5.74) is -0.673. The minimum atomic E-state index is -0.347. The van der Waals surface area contributed by atoms with Crippen LogP contribution in [0, 0.1) is 17.8 Å². The summed E-state index contributed by atoms with van der Waals surface area (Å²) in [7, 11) is 0. The standard InChI is InChI=1S/C24H42N2O4/c1-19(2)18-21(20(3)4)23(28)30-17-13-11-9-7-5-6-8-10-12-15-26-16-14-22(27)25-24(26)29/h14,16,19-21H,5-13,15,17-18H2,1-4H3,(H,25,27,29). The Morgan fingerprint density at radius 3 is 2.03 bits per heavy atom. The zero-order valence-electron chi connectivity index (χ0n) is 19.5. The minimum Gasteiger partial charge on any atom is -0.465 e. The van der Waals surface area contributed by atoms with Gasteiger partial charge in [0.05, 0.1) is 12.5 Å². The first-order valence-corrected chi connectivity index (χ1v) is 11.8. The molecule has 1 N–H and O–H groups in total. The van der Waals surface area contributed by atoms with Gasteiger partial charge in [0.15, 0.2) is 0 Å². The summed E-state index contributed by atoms with van der Waals surface area (Å²) in [6.07, 6.45) is 12.6. The number of hydrogen-bond donors (Lipinski definition) is 1. The number of aromatic nitrogens is 2. The van der Waals surface area contributed by atoms with Gasteiger partial charge in [-0.1, -0.05) is 72.6 Å². The molecule has 6 nitrogen and oxygen atoms in total. The van der Waals surface area contributed by atoms with Crippen LogP contribution in [0.3, 0.4) is 0 Å². The SMILES string of the molecule is CC(C)CC(C(=O)OCCCCCCCCCCCn1ccc(=O)[nH]c1=O)C(C)C. The smallest absolute Gasteiger partial charge is 0.328 e. The lowest BCUT2D eigenvalue weighted by Crippen LogP contribution is -2.28. The molecule has 1 aromatic heterocycles. The molecule has 0 aromatic carbocycles. The maximum Gasteiger partial charge on any atom is 0.328 e. The van der Waals surface area contributed by atoms with Crippen LogP contribution in [0.4, 0.5) is 0 Å². The predicted octanol–water partition coefficient (Wildman–Crippen LogP) is 4.91. The third-order valence-electron chi connectivity index (χ3n) is 5.52. The highest BCUT2D eigenvalue weighted by molar-refractivity contribution is 5.72. The summed E-state index contributed by atoms with van der Waals surface area (Å²) in [5.74, 6) is 0.838. The Morgan fingerprint density at radius 2 is 1.50 bits per heavy atom. The van der Waals surface area contributed by atoms with Crippen LogP contribution in [0.25, 0.3) is 0 Å². The second-order valence-corrected chi connectivity index (χ2v) is 9.13. The Morgan fingerprint density at radius 1 is 0.933 bits per heavy atom. The molecule has 6 heteroatoms. The fourth-order valence-electron chi connectivity index (χ4n) is 3.67. The van der Waals surface area contributed by atoms with E-state index in [1.165, 1.54) is 38.2 Å². The monoisotopic (exact) mass is 422 g/mol. The van der Waals surface area contributed by atoms with Crippen molar-refractivity contribution < 1.29 is 9.53 Å². The summed E-state index contributed by atoms with van der Waals surface area (Å²) in [6.45, 7) is 9.69. The van der Waals surface area contributed by atoms with Gasteiger partial charge in [0.2, 0.25) is 0 Å². The van der Waals surface area contributed by atoms with Crippen molar-refractivity contribution >= 4 is 5.97 Å². The first-order chi connectivity index (χ1) is 14.3. The molecule has 0 amide bonds. The molecule has 1 heterocycles. The number of hydrogen-bond acceptors (Lipinski definition) is 4. The highest BCUT2D eigenvalue weighted by Crippen LogP contribution is 2.22. The van der Waals surface area contributed by atoms with Crippen LogP contribution in [0.15, 0.2) is 21.9 Å². The van der Waals surface area contributed by atoms with E-state index >= 15 is 0 Å². The minimum absolute atomic E-state index is 0.0211. The van der Waals surface area contributed by atoms with Crippen LogP contribution >= 0.6 is 0 Å². The average Bonchev–Trinajstić information content (AvgIpc) is 2.67. The number of H-pyrrole nitrogens is 1. The molecule has 1 atom stereocenters. The highest BCUT2D eigenvalue weighted by Gasteiger charge is 2.24. The first kappa shape index (κ1) is 26.2. The normalized spacial score (nSPS) is 12.5. The molecular formula is C24H42N2O4. The fraction of sp³-hybridized carbons (Fsp3) is 0.792. The van der Waals surface area contributed by atoms with Crippen LogP contribution in [0.2, 0.25) is 0 Å². The van der Waals surface area contributed by atoms with E-state index in [1.54, 1.807) is 10.8 Å². The van der Waals surface area contributed by atoms with E-state index < -0.39 is 0 Å². The number of aryl methyl sites for hydroxylation is 1. The second kappa shape index (κ2) is 15.0. The zero-order valence-corrected chi connectivity index (χ0v) is 19.5. The third-order valence-corrected chi connectivity index (χ3v) is 5.52. The maximum atomic E-state index is 12.2. The van der Waals surface area contributed by atoms with Crippen molar-refractivity contribution in [2.45, 2.75) is 98.4 Å². The number of rotatable bonds is 16. The van der Waals surface area contributed by atoms with E-state index in [4.69, 9.17) is 4.74 Å². The van der Waals surface area contributed by atoms with E-state index in [0.717, 1.165) is 32.1 Å². The van der Waals surface area contributed by atoms with Crippen LogP contribution in [0.1, 0.15) is 91.9 Å². The molecule has 0 fully saturated rings. The molecule has 0 saturated carbocycles. The lowest BCUT2D eigenvalue weighted by molar-refractivity contribution is -0.151. The van der Waals surface area contributed by atoms with Crippen molar-refractivity contribution in [2.24, 2.45) is 17.8 Å². The van der Waals surface area contributed by atoms with E-state index in [0.29, 0.717) is 25.0 Å². The van der Waals surface area contributed by atoms with Gasteiger partial charge in [0.25, 0.3) is 5.56 Å². The summed E-state index contributed by atoms with van der Waals surface area (Å²) < 4.78 is 7.06. The molecule has 0 bridgehead atoms. The van der Waals surface area contributed by atoms with Crippen LogP contribution < -0.4 is 11.2 Å². The number of carbonyl (C=O) groups is 1. The number of aromatic amines is 1. The molecule has 30 heavy (non-hydrogen) atoms. The van der Waals surface area contributed by atoms with Gasteiger partial charge >= 0.3 is 11.7 Å². The van der Waals surface area contributed by atoms with Crippen molar-refractivity contribution in [1.82, 2.24) is 9.55 Å². The summed E-state index contributed by atoms with van der Waals surface area (Å²) in [5, 5.41) is 0. The van der Waals surface area contributed by atoms with Crippen LogP contribution in [-0.4, -0.2) is 22.1 Å². The molecule has 0 aliphatic heterocycles. The molecule has 0 aliphatic rings. The Labute approximate surface area is 181 Å². The second-order valence-electron chi connectivity index (χ2n) is 9.13. The average molecular weight is 423 g/mol. The summed E-state index contributed by atoms with van der Waals surface area (Å²) >= 11 is 0.